The first-order chi connectivity index (χ1) is 12.5. The molecule has 0 aliphatic carbocycles. The number of hydrogen-bond acceptors (Lipinski definition) is 5. The van der Waals surface area contributed by atoms with Crippen LogP contribution in [0.5, 0.6) is 23.0 Å². The van der Waals surface area contributed by atoms with Crippen molar-refractivity contribution >= 4 is 34.2 Å². The number of carbonyl (C=O) groups excluding carboxylic acids is 1. The molecular formula is C19H16ClNO5. The molecule has 3 aromatic carbocycles. The fourth-order valence-corrected chi connectivity index (χ4v) is 2.71. The summed E-state index contributed by atoms with van der Waals surface area (Å²) in [5, 5.41) is 14.6. The number of rotatable bonds is 4. The van der Waals surface area contributed by atoms with Crippen LogP contribution in [0.3, 0.4) is 0 Å². The summed E-state index contributed by atoms with van der Waals surface area (Å²) in [6.45, 7) is 0. The Morgan fingerprint density at radius 2 is 1.62 bits per heavy atom. The molecule has 0 saturated heterocycles. The molecule has 0 heterocycles. The van der Waals surface area contributed by atoms with E-state index < -0.39 is 6.09 Å². The van der Waals surface area contributed by atoms with Gasteiger partial charge in [-0.2, -0.15) is 0 Å². The molecule has 7 heteroatoms. The minimum atomic E-state index is -0.793. The largest absolute Gasteiger partial charge is 0.504 e. The zero-order valence-electron chi connectivity index (χ0n) is 14.1. The predicted molar refractivity (Wildman–Crippen MR) is 99.8 cm³/mol. The number of carbonyl (C=O) groups is 1. The summed E-state index contributed by atoms with van der Waals surface area (Å²) in [5.41, 5.74) is 0.319. The molecule has 1 amide bonds. The SMILES string of the molecule is COc1cc(NC(=O)Oc2cc3ccccc3cc2O)c(OC)cc1Cl. The lowest BCUT2D eigenvalue weighted by molar-refractivity contribution is 0.213. The van der Waals surface area contributed by atoms with E-state index in [1.54, 1.807) is 6.07 Å². The Hall–Kier alpha value is -3.12. The number of fused-ring (bicyclic) bond motifs is 1. The molecule has 0 unspecified atom stereocenters. The van der Waals surface area contributed by atoms with Gasteiger partial charge in [-0.25, -0.2) is 4.79 Å². The summed E-state index contributed by atoms with van der Waals surface area (Å²) in [4.78, 5) is 12.2. The molecule has 0 atom stereocenters. The summed E-state index contributed by atoms with van der Waals surface area (Å²) in [7, 11) is 2.91. The van der Waals surface area contributed by atoms with Crippen molar-refractivity contribution in [3.63, 3.8) is 0 Å². The van der Waals surface area contributed by atoms with Crippen LogP contribution in [0.2, 0.25) is 5.02 Å². The molecule has 26 heavy (non-hydrogen) atoms. The van der Waals surface area contributed by atoms with E-state index >= 15 is 0 Å². The fourth-order valence-electron chi connectivity index (χ4n) is 2.48. The van der Waals surface area contributed by atoms with E-state index in [0.717, 1.165) is 10.8 Å². The average Bonchev–Trinajstić information content (AvgIpc) is 2.63. The molecule has 0 fully saturated rings. The van der Waals surface area contributed by atoms with Crippen molar-refractivity contribution in [1.29, 1.82) is 0 Å². The van der Waals surface area contributed by atoms with Crippen LogP contribution in [-0.2, 0) is 0 Å². The van der Waals surface area contributed by atoms with Gasteiger partial charge in [-0.15, -0.1) is 0 Å². The predicted octanol–water partition coefficient (Wildman–Crippen LogP) is 4.83. The highest BCUT2D eigenvalue weighted by Crippen LogP contribution is 2.36. The summed E-state index contributed by atoms with van der Waals surface area (Å²) in [5.74, 6) is 0.618. The Bertz CT molecular complexity index is 974. The number of aromatic hydroxyl groups is 1. The first-order valence-electron chi connectivity index (χ1n) is 7.64. The zero-order chi connectivity index (χ0) is 18.7. The van der Waals surface area contributed by atoms with Crippen molar-refractivity contribution in [2.24, 2.45) is 0 Å². The van der Waals surface area contributed by atoms with Crippen molar-refractivity contribution in [2.75, 3.05) is 19.5 Å². The lowest BCUT2D eigenvalue weighted by atomic mass is 10.1. The van der Waals surface area contributed by atoms with E-state index in [1.165, 1.54) is 32.4 Å². The zero-order valence-corrected chi connectivity index (χ0v) is 14.8. The Morgan fingerprint density at radius 3 is 2.27 bits per heavy atom. The van der Waals surface area contributed by atoms with E-state index in [-0.39, 0.29) is 11.5 Å². The molecule has 134 valence electrons. The van der Waals surface area contributed by atoms with E-state index in [1.807, 2.05) is 24.3 Å². The van der Waals surface area contributed by atoms with Crippen LogP contribution in [0, 0.1) is 0 Å². The van der Waals surface area contributed by atoms with Gasteiger partial charge in [0.15, 0.2) is 11.5 Å². The van der Waals surface area contributed by atoms with Gasteiger partial charge >= 0.3 is 6.09 Å². The summed E-state index contributed by atoms with van der Waals surface area (Å²) in [6, 6.07) is 13.6. The quantitative estimate of drug-likeness (QED) is 0.685. The lowest BCUT2D eigenvalue weighted by Gasteiger charge is -2.13. The molecule has 3 rings (SSSR count). The Kier molecular flexibility index (Phi) is 5.04. The van der Waals surface area contributed by atoms with Gasteiger partial charge < -0.3 is 19.3 Å². The molecule has 0 bridgehead atoms. The maximum atomic E-state index is 12.2. The average molecular weight is 374 g/mol. The van der Waals surface area contributed by atoms with Crippen molar-refractivity contribution in [1.82, 2.24) is 0 Å². The second kappa shape index (κ2) is 7.41. The van der Waals surface area contributed by atoms with Crippen LogP contribution in [0.4, 0.5) is 10.5 Å². The standard InChI is InChI=1S/C19H16ClNO5/c1-24-16-10-14(17(25-2)9-13(16)20)21-19(23)26-18-8-12-6-4-3-5-11(12)7-15(18)22/h3-10,22H,1-2H3,(H,21,23). The fraction of sp³-hybridized carbons (Fsp3) is 0.105. The molecule has 0 radical (unpaired) electrons. The van der Waals surface area contributed by atoms with Crippen LogP contribution in [0.1, 0.15) is 0 Å². The number of hydrogen-bond donors (Lipinski definition) is 2. The second-order valence-electron chi connectivity index (χ2n) is 5.37. The molecule has 6 nitrogen and oxygen atoms in total. The van der Waals surface area contributed by atoms with Crippen LogP contribution in [-0.4, -0.2) is 25.4 Å². The highest BCUT2D eigenvalue weighted by Gasteiger charge is 2.15. The van der Waals surface area contributed by atoms with Gasteiger partial charge in [-0.05, 0) is 22.9 Å². The van der Waals surface area contributed by atoms with Crippen molar-refractivity contribution in [3.8, 4) is 23.0 Å². The first-order valence-corrected chi connectivity index (χ1v) is 8.01. The topological polar surface area (TPSA) is 77.0 Å². The maximum absolute atomic E-state index is 12.2. The van der Waals surface area contributed by atoms with Gasteiger partial charge in [0.05, 0.1) is 24.9 Å². The molecular weight excluding hydrogens is 358 g/mol. The van der Waals surface area contributed by atoms with Crippen molar-refractivity contribution < 1.29 is 24.1 Å². The number of phenols is 1. The molecule has 0 aliphatic rings. The van der Waals surface area contributed by atoms with Gasteiger partial charge in [0, 0.05) is 12.1 Å². The van der Waals surface area contributed by atoms with E-state index in [9.17, 15) is 9.90 Å². The minimum Gasteiger partial charge on any atom is -0.504 e. The maximum Gasteiger partial charge on any atom is 0.417 e. The third-order valence-corrected chi connectivity index (χ3v) is 4.04. The first kappa shape index (κ1) is 17.7. The van der Waals surface area contributed by atoms with Crippen LogP contribution in [0.25, 0.3) is 10.8 Å². The highest BCUT2D eigenvalue weighted by molar-refractivity contribution is 6.32. The number of phenolic OH excluding ortho intramolecular Hbond substituents is 1. The molecule has 3 aromatic rings. The van der Waals surface area contributed by atoms with Crippen molar-refractivity contribution in [2.45, 2.75) is 0 Å². The van der Waals surface area contributed by atoms with Gasteiger partial charge in [-0.3, -0.25) is 5.32 Å². The van der Waals surface area contributed by atoms with E-state index in [0.29, 0.717) is 22.2 Å². The minimum absolute atomic E-state index is 0.0427. The van der Waals surface area contributed by atoms with E-state index in [4.69, 9.17) is 25.8 Å². The van der Waals surface area contributed by atoms with Crippen LogP contribution < -0.4 is 19.5 Å². The number of ether oxygens (including phenoxy) is 3. The summed E-state index contributed by atoms with van der Waals surface area (Å²) in [6.07, 6.45) is -0.793. The van der Waals surface area contributed by atoms with Gasteiger partial charge in [0.25, 0.3) is 0 Å². The number of halogens is 1. The van der Waals surface area contributed by atoms with Crippen LogP contribution in [0.15, 0.2) is 48.5 Å². The Morgan fingerprint density at radius 1 is 0.962 bits per heavy atom. The normalized spacial score (nSPS) is 10.4. The number of benzene rings is 3. The molecule has 2 N–H and O–H groups in total. The molecule has 0 saturated carbocycles. The molecule has 0 spiro atoms. The summed E-state index contributed by atoms with van der Waals surface area (Å²) >= 11 is 6.04. The molecule has 0 aromatic heterocycles. The number of methoxy groups -OCH3 is 2. The van der Waals surface area contributed by atoms with Gasteiger partial charge in [0.2, 0.25) is 0 Å². The van der Waals surface area contributed by atoms with Gasteiger partial charge in [0.1, 0.15) is 11.5 Å². The monoisotopic (exact) mass is 373 g/mol. The lowest BCUT2D eigenvalue weighted by Crippen LogP contribution is -2.17. The smallest absolute Gasteiger partial charge is 0.417 e. The second-order valence-corrected chi connectivity index (χ2v) is 5.78. The van der Waals surface area contributed by atoms with E-state index in [2.05, 4.69) is 5.32 Å². The third-order valence-electron chi connectivity index (χ3n) is 3.74. The van der Waals surface area contributed by atoms with Crippen LogP contribution >= 0.6 is 11.6 Å². The number of anilines is 1. The highest BCUT2D eigenvalue weighted by atomic mass is 35.5. The third kappa shape index (κ3) is 3.60. The number of amides is 1. The Balaban J connectivity index is 1.84. The number of nitrogens with one attached hydrogen (secondary N) is 1. The molecule has 0 aliphatic heterocycles. The van der Waals surface area contributed by atoms with Crippen molar-refractivity contribution in [3.05, 3.63) is 53.6 Å². The summed E-state index contributed by atoms with van der Waals surface area (Å²) < 4.78 is 15.6. The Labute approximate surface area is 154 Å². The van der Waals surface area contributed by atoms with Gasteiger partial charge in [-0.1, -0.05) is 35.9 Å².